The van der Waals surface area contributed by atoms with Gasteiger partial charge in [0.05, 0.1) is 17.1 Å². The standard InChI is InChI=1S/C47H56N4O6/c1-2-3-4-5-6-7-8-9-10-11-12-13-14-15-32-48-42(52)30-20-34-16-22-37(23-17-34)44-45(38-24-18-35(19-25-38)21-31-43(53)54)50-46(49-44)39-28-26-36(27-29-39)40-33-41(47(55)56)57-51-40/h16-31,41H,2-15,32-33H2,1H3,(H,48,52)(H,49,50)(H,53,54)(H,55,56)/b30-20+,31-21+. The Morgan fingerprint density at radius 1 is 0.684 bits per heavy atom. The van der Waals surface area contributed by atoms with Crippen molar-refractivity contribution in [2.24, 2.45) is 5.16 Å². The first-order chi connectivity index (χ1) is 27.8. The van der Waals surface area contributed by atoms with Gasteiger partial charge in [-0.2, -0.15) is 0 Å². The Hall–Kier alpha value is -5.77. The lowest BCUT2D eigenvalue weighted by atomic mass is 10.0. The molecule has 3 aromatic carbocycles. The van der Waals surface area contributed by atoms with E-state index in [0.717, 1.165) is 58.0 Å². The Morgan fingerprint density at radius 2 is 1.19 bits per heavy atom. The van der Waals surface area contributed by atoms with Crippen LogP contribution in [0.4, 0.5) is 0 Å². The van der Waals surface area contributed by atoms with Gasteiger partial charge in [-0.05, 0) is 35.3 Å². The summed E-state index contributed by atoms with van der Waals surface area (Å²) in [5.41, 5.74) is 7.05. The lowest BCUT2D eigenvalue weighted by Crippen LogP contribution is -2.21. The Labute approximate surface area is 336 Å². The summed E-state index contributed by atoms with van der Waals surface area (Å²) >= 11 is 0. The SMILES string of the molecule is CCCCCCCCCCCCCCCCNC(=O)/C=C/c1ccc(-c2[nH]c(-c3ccc(C4=NOC(C(=O)O)C4)cc3)nc2-c2ccc(/C=C/C(=O)O)cc2)cc1. The van der Waals surface area contributed by atoms with Crippen LogP contribution in [0.5, 0.6) is 0 Å². The molecule has 5 rings (SSSR count). The molecule has 300 valence electrons. The van der Waals surface area contributed by atoms with Gasteiger partial charge in [0.25, 0.3) is 0 Å². The van der Waals surface area contributed by atoms with Crippen molar-refractivity contribution >= 4 is 35.7 Å². The minimum Gasteiger partial charge on any atom is -0.478 e. The molecule has 1 aromatic heterocycles. The number of carboxylic acid groups (broad SMARTS) is 2. The lowest BCUT2D eigenvalue weighted by molar-refractivity contribution is -0.148. The number of oxime groups is 1. The third-order valence-corrected chi connectivity index (χ3v) is 10.2. The monoisotopic (exact) mass is 772 g/mol. The van der Waals surface area contributed by atoms with E-state index in [4.69, 9.17) is 14.9 Å². The smallest absolute Gasteiger partial charge is 0.348 e. The fourth-order valence-corrected chi connectivity index (χ4v) is 6.87. The predicted molar refractivity (Wildman–Crippen MR) is 228 cm³/mol. The van der Waals surface area contributed by atoms with Crippen molar-refractivity contribution in [2.75, 3.05) is 6.54 Å². The van der Waals surface area contributed by atoms with E-state index in [1.54, 1.807) is 6.08 Å². The summed E-state index contributed by atoms with van der Waals surface area (Å²) in [6.45, 7) is 2.94. The maximum atomic E-state index is 12.5. The number of unbranched alkanes of at least 4 members (excludes halogenated alkanes) is 13. The second-order valence-electron chi connectivity index (χ2n) is 14.7. The summed E-state index contributed by atoms with van der Waals surface area (Å²) in [5.74, 6) is -1.53. The molecule has 10 heteroatoms. The maximum absolute atomic E-state index is 12.5. The van der Waals surface area contributed by atoms with Crippen molar-refractivity contribution in [2.45, 2.75) is 109 Å². The molecule has 0 radical (unpaired) electrons. The molecule has 57 heavy (non-hydrogen) atoms. The Balaban J connectivity index is 1.14. The van der Waals surface area contributed by atoms with Gasteiger partial charge >= 0.3 is 11.9 Å². The highest BCUT2D eigenvalue weighted by atomic mass is 16.7. The molecule has 0 spiro atoms. The first-order valence-corrected chi connectivity index (χ1v) is 20.5. The number of rotatable bonds is 24. The first-order valence-electron chi connectivity index (χ1n) is 20.5. The second-order valence-corrected chi connectivity index (χ2v) is 14.7. The summed E-state index contributed by atoms with van der Waals surface area (Å²) in [4.78, 5) is 48.4. The number of aromatic nitrogens is 2. The van der Waals surface area contributed by atoms with Gasteiger partial charge < -0.3 is 25.4 Å². The van der Waals surface area contributed by atoms with E-state index in [1.165, 1.54) is 83.1 Å². The number of nitrogens with one attached hydrogen (secondary N) is 2. The molecule has 1 unspecified atom stereocenters. The summed E-state index contributed by atoms with van der Waals surface area (Å²) in [7, 11) is 0. The molecule has 2 heterocycles. The average Bonchev–Trinajstić information content (AvgIpc) is 3.91. The van der Waals surface area contributed by atoms with Crippen LogP contribution in [-0.4, -0.2) is 56.4 Å². The lowest BCUT2D eigenvalue weighted by Gasteiger charge is -2.05. The number of nitrogens with zero attached hydrogens (tertiary/aromatic N) is 2. The largest absolute Gasteiger partial charge is 0.478 e. The number of hydrogen-bond donors (Lipinski definition) is 4. The van der Waals surface area contributed by atoms with E-state index in [-0.39, 0.29) is 12.3 Å². The third-order valence-electron chi connectivity index (χ3n) is 10.2. The number of H-pyrrole nitrogens is 1. The van der Waals surface area contributed by atoms with E-state index in [9.17, 15) is 19.5 Å². The van der Waals surface area contributed by atoms with E-state index in [0.29, 0.717) is 23.8 Å². The number of hydrogen-bond acceptors (Lipinski definition) is 6. The zero-order valence-corrected chi connectivity index (χ0v) is 33.1. The molecule has 10 nitrogen and oxygen atoms in total. The van der Waals surface area contributed by atoms with Gasteiger partial charge in [0.15, 0.2) is 0 Å². The molecule has 1 atom stereocenters. The molecule has 1 amide bonds. The predicted octanol–water partition coefficient (Wildman–Crippen LogP) is 10.7. The summed E-state index contributed by atoms with van der Waals surface area (Å²) < 4.78 is 0. The van der Waals surface area contributed by atoms with Crippen LogP contribution in [0.3, 0.4) is 0 Å². The maximum Gasteiger partial charge on any atom is 0.348 e. The van der Waals surface area contributed by atoms with Crippen LogP contribution < -0.4 is 5.32 Å². The number of aromatic amines is 1. The van der Waals surface area contributed by atoms with Crippen molar-refractivity contribution in [3.63, 3.8) is 0 Å². The molecule has 4 N–H and O–H groups in total. The number of carbonyl (C=O) groups is 3. The Morgan fingerprint density at radius 3 is 1.74 bits per heavy atom. The third kappa shape index (κ3) is 13.7. The molecule has 0 fully saturated rings. The van der Waals surface area contributed by atoms with Crippen LogP contribution in [-0.2, 0) is 19.2 Å². The number of amides is 1. The highest BCUT2D eigenvalue weighted by Gasteiger charge is 2.28. The van der Waals surface area contributed by atoms with Gasteiger partial charge in [-0.1, -0.05) is 168 Å². The van der Waals surface area contributed by atoms with Gasteiger partial charge in [0.1, 0.15) is 5.82 Å². The van der Waals surface area contributed by atoms with E-state index in [1.807, 2.05) is 78.9 Å². The molecule has 1 aliphatic rings. The van der Waals surface area contributed by atoms with Crippen LogP contribution in [0.15, 0.2) is 90.1 Å². The van der Waals surface area contributed by atoms with Crippen molar-refractivity contribution in [1.29, 1.82) is 0 Å². The van der Waals surface area contributed by atoms with E-state index in [2.05, 4.69) is 22.4 Å². The normalized spacial score (nSPS) is 13.9. The number of carboxylic acids is 2. The van der Waals surface area contributed by atoms with Gasteiger partial charge in [-0.25, -0.2) is 14.6 Å². The van der Waals surface area contributed by atoms with Crippen LogP contribution in [0.2, 0.25) is 0 Å². The van der Waals surface area contributed by atoms with Crippen molar-refractivity contribution < 1.29 is 29.4 Å². The zero-order chi connectivity index (χ0) is 40.2. The van der Waals surface area contributed by atoms with Crippen molar-refractivity contribution in [3.8, 4) is 33.9 Å². The second kappa shape index (κ2) is 22.7. The molecule has 1 aliphatic heterocycles. The summed E-state index contributed by atoms with van der Waals surface area (Å²) in [6.07, 6.45) is 23.5. The number of imidazole rings is 1. The number of benzene rings is 3. The quantitative estimate of drug-likeness (QED) is 0.0408. The molecule has 0 saturated carbocycles. The minimum absolute atomic E-state index is 0.101. The van der Waals surface area contributed by atoms with Gasteiger partial charge in [-0.15, -0.1) is 0 Å². The highest BCUT2D eigenvalue weighted by Crippen LogP contribution is 2.34. The number of aliphatic carboxylic acids is 2. The van der Waals surface area contributed by atoms with Crippen molar-refractivity contribution in [3.05, 3.63) is 102 Å². The minimum atomic E-state index is -1.05. The van der Waals surface area contributed by atoms with Crippen molar-refractivity contribution in [1.82, 2.24) is 15.3 Å². The molecule has 0 bridgehead atoms. The molecule has 0 saturated heterocycles. The molecular weight excluding hydrogens is 717 g/mol. The summed E-state index contributed by atoms with van der Waals surface area (Å²) in [5, 5.41) is 25.3. The number of carbonyl (C=O) groups excluding carboxylic acids is 1. The van der Waals surface area contributed by atoms with Gasteiger partial charge in [-0.3, -0.25) is 4.79 Å². The Bertz CT molecular complexity index is 1980. The van der Waals surface area contributed by atoms with E-state index < -0.39 is 18.0 Å². The molecule has 4 aromatic rings. The molecular formula is C47H56N4O6. The average molecular weight is 773 g/mol. The first kappa shape index (κ1) is 42.4. The fourth-order valence-electron chi connectivity index (χ4n) is 6.87. The van der Waals surface area contributed by atoms with Gasteiger partial charge in [0.2, 0.25) is 12.0 Å². The fraction of sp³-hybridized carbons (Fsp3) is 0.383. The summed E-state index contributed by atoms with van der Waals surface area (Å²) in [6, 6.07) is 22.9. The van der Waals surface area contributed by atoms with E-state index >= 15 is 0 Å². The van der Waals surface area contributed by atoms with Crippen LogP contribution in [0, 0.1) is 0 Å². The van der Waals surface area contributed by atoms with Crippen LogP contribution >= 0.6 is 0 Å². The highest BCUT2D eigenvalue weighted by molar-refractivity contribution is 6.03. The topological polar surface area (TPSA) is 154 Å². The zero-order valence-electron chi connectivity index (χ0n) is 33.1. The molecule has 0 aliphatic carbocycles. The van der Waals surface area contributed by atoms with Crippen LogP contribution in [0.25, 0.3) is 46.1 Å². The van der Waals surface area contributed by atoms with Crippen LogP contribution in [0.1, 0.15) is 120 Å². The van der Waals surface area contributed by atoms with Gasteiger partial charge in [0, 0.05) is 41.8 Å². The Kier molecular flexibility index (Phi) is 16.9.